The molecule has 1 aliphatic rings. The maximum Gasteiger partial charge on any atom is 0.416 e. The topological polar surface area (TPSA) is 12.0 Å². The third kappa shape index (κ3) is 3.25. The summed E-state index contributed by atoms with van der Waals surface area (Å²) >= 11 is 0. The monoisotopic (exact) mass is 257 g/mol. The zero-order chi connectivity index (χ0) is 13.2. The molecule has 0 aromatic heterocycles. The lowest BCUT2D eigenvalue weighted by Gasteiger charge is -2.17. The number of hydrogen-bond acceptors (Lipinski definition) is 1. The highest BCUT2D eigenvalue weighted by Gasteiger charge is 2.30. The Morgan fingerprint density at radius 3 is 2.78 bits per heavy atom. The summed E-state index contributed by atoms with van der Waals surface area (Å²) in [5.74, 6) is 0.770. The van der Waals surface area contributed by atoms with Crippen molar-refractivity contribution >= 4 is 0 Å². The smallest absolute Gasteiger partial charge is 0.316 e. The molecule has 0 radical (unpaired) electrons. The van der Waals surface area contributed by atoms with E-state index in [-0.39, 0.29) is 5.92 Å². The quantitative estimate of drug-likeness (QED) is 0.868. The highest BCUT2D eigenvalue weighted by molar-refractivity contribution is 5.28. The van der Waals surface area contributed by atoms with Crippen LogP contribution in [-0.4, -0.2) is 13.1 Å². The molecule has 100 valence electrons. The van der Waals surface area contributed by atoms with E-state index < -0.39 is 11.7 Å². The van der Waals surface area contributed by atoms with Gasteiger partial charge in [-0.15, -0.1) is 0 Å². The third-order valence-corrected chi connectivity index (χ3v) is 3.63. The summed E-state index contributed by atoms with van der Waals surface area (Å²) in [6, 6.07) is 5.71. The first-order valence-electron chi connectivity index (χ1n) is 6.34. The van der Waals surface area contributed by atoms with E-state index in [0.29, 0.717) is 5.92 Å². The molecule has 0 amide bonds. The van der Waals surface area contributed by atoms with Crippen LogP contribution in [0.5, 0.6) is 0 Å². The van der Waals surface area contributed by atoms with Gasteiger partial charge in [-0.1, -0.05) is 25.1 Å². The Morgan fingerprint density at radius 1 is 1.39 bits per heavy atom. The zero-order valence-corrected chi connectivity index (χ0v) is 10.4. The fourth-order valence-corrected chi connectivity index (χ4v) is 2.57. The van der Waals surface area contributed by atoms with Gasteiger partial charge in [0.1, 0.15) is 0 Å². The average molecular weight is 257 g/mol. The summed E-state index contributed by atoms with van der Waals surface area (Å²) in [6.07, 6.45) is -2.16. The number of nitrogens with one attached hydrogen (secondary N) is 1. The van der Waals surface area contributed by atoms with E-state index in [9.17, 15) is 13.2 Å². The summed E-state index contributed by atoms with van der Waals surface area (Å²) in [6.45, 7) is 4.02. The van der Waals surface area contributed by atoms with Gasteiger partial charge >= 0.3 is 6.18 Å². The second-order valence-corrected chi connectivity index (χ2v) is 5.12. The van der Waals surface area contributed by atoms with Crippen molar-refractivity contribution in [2.75, 3.05) is 13.1 Å². The van der Waals surface area contributed by atoms with Gasteiger partial charge in [-0.3, -0.25) is 0 Å². The molecule has 1 nitrogen and oxygen atoms in total. The van der Waals surface area contributed by atoms with Crippen LogP contribution in [0.3, 0.4) is 0 Å². The van der Waals surface area contributed by atoms with Crippen LogP contribution in [0.15, 0.2) is 24.3 Å². The molecule has 1 heterocycles. The molecule has 0 spiro atoms. The van der Waals surface area contributed by atoms with Gasteiger partial charge in [0.2, 0.25) is 0 Å². The van der Waals surface area contributed by atoms with Crippen molar-refractivity contribution in [2.24, 2.45) is 5.92 Å². The van der Waals surface area contributed by atoms with Crippen molar-refractivity contribution < 1.29 is 13.2 Å². The first kappa shape index (κ1) is 13.4. The van der Waals surface area contributed by atoms with Crippen LogP contribution in [0, 0.1) is 5.92 Å². The van der Waals surface area contributed by atoms with Gasteiger partial charge in [0, 0.05) is 0 Å². The lowest BCUT2D eigenvalue weighted by atomic mass is 9.89. The second-order valence-electron chi connectivity index (χ2n) is 5.12. The number of rotatable bonds is 3. The zero-order valence-electron chi connectivity index (χ0n) is 10.4. The van der Waals surface area contributed by atoms with E-state index >= 15 is 0 Å². The van der Waals surface area contributed by atoms with Gasteiger partial charge in [0.15, 0.2) is 0 Å². The van der Waals surface area contributed by atoms with Crippen molar-refractivity contribution in [1.82, 2.24) is 5.32 Å². The molecule has 2 unspecified atom stereocenters. The van der Waals surface area contributed by atoms with Gasteiger partial charge in [0.05, 0.1) is 5.56 Å². The van der Waals surface area contributed by atoms with Gasteiger partial charge in [0.25, 0.3) is 0 Å². The molecular formula is C14H18F3N. The molecule has 1 aliphatic heterocycles. The van der Waals surface area contributed by atoms with E-state index in [1.54, 1.807) is 6.07 Å². The number of benzene rings is 1. The summed E-state index contributed by atoms with van der Waals surface area (Å²) in [5, 5.41) is 3.28. The van der Waals surface area contributed by atoms with Crippen molar-refractivity contribution in [3.05, 3.63) is 35.4 Å². The van der Waals surface area contributed by atoms with Crippen LogP contribution in [-0.2, 0) is 6.18 Å². The fourth-order valence-electron chi connectivity index (χ4n) is 2.57. The number of hydrogen-bond donors (Lipinski definition) is 1. The van der Waals surface area contributed by atoms with Crippen LogP contribution in [0.25, 0.3) is 0 Å². The molecule has 0 bridgehead atoms. The molecule has 1 fully saturated rings. The Labute approximate surface area is 105 Å². The largest absolute Gasteiger partial charge is 0.416 e. The Balaban J connectivity index is 2.07. The maximum atomic E-state index is 12.6. The Hall–Kier alpha value is -1.03. The molecule has 1 saturated heterocycles. The lowest BCUT2D eigenvalue weighted by Crippen LogP contribution is -2.11. The Morgan fingerprint density at radius 2 is 2.17 bits per heavy atom. The van der Waals surface area contributed by atoms with Gasteiger partial charge < -0.3 is 5.32 Å². The highest BCUT2D eigenvalue weighted by atomic mass is 19.4. The molecular weight excluding hydrogens is 239 g/mol. The van der Waals surface area contributed by atoms with Crippen molar-refractivity contribution in [2.45, 2.75) is 31.9 Å². The minimum Gasteiger partial charge on any atom is -0.316 e. The summed E-state index contributed by atoms with van der Waals surface area (Å²) in [4.78, 5) is 0. The minimum atomic E-state index is -4.25. The average Bonchev–Trinajstić information content (AvgIpc) is 2.81. The standard InChI is InChI=1S/C14H18F3N/c1-10(7-11-5-6-18-9-11)12-3-2-4-13(8-12)14(15,16)17/h2-4,8,10-11,18H,5-7,9H2,1H3. The van der Waals surface area contributed by atoms with Crippen LogP contribution >= 0.6 is 0 Å². The first-order valence-corrected chi connectivity index (χ1v) is 6.34. The third-order valence-electron chi connectivity index (χ3n) is 3.63. The van der Waals surface area contributed by atoms with Gasteiger partial charge in [-0.25, -0.2) is 0 Å². The lowest BCUT2D eigenvalue weighted by molar-refractivity contribution is -0.137. The molecule has 2 atom stereocenters. The SMILES string of the molecule is CC(CC1CCNC1)c1cccc(C(F)(F)F)c1. The number of alkyl halides is 3. The second kappa shape index (κ2) is 5.31. The summed E-state index contributed by atoms with van der Waals surface area (Å²) in [7, 11) is 0. The molecule has 1 N–H and O–H groups in total. The molecule has 2 rings (SSSR count). The molecule has 4 heteroatoms. The highest BCUT2D eigenvalue weighted by Crippen LogP contribution is 2.33. The Bertz CT molecular complexity index is 394. The number of halogens is 3. The van der Waals surface area contributed by atoms with Crippen LogP contribution in [0.4, 0.5) is 13.2 Å². The molecule has 18 heavy (non-hydrogen) atoms. The fraction of sp³-hybridized carbons (Fsp3) is 0.571. The predicted octanol–water partition coefficient (Wildman–Crippen LogP) is 3.81. The Kier molecular flexibility index (Phi) is 3.95. The molecule has 0 saturated carbocycles. The molecule has 1 aromatic rings. The van der Waals surface area contributed by atoms with Gasteiger partial charge in [-0.2, -0.15) is 13.2 Å². The van der Waals surface area contributed by atoms with E-state index in [1.807, 2.05) is 6.92 Å². The molecule has 1 aromatic carbocycles. The van der Waals surface area contributed by atoms with Gasteiger partial charge in [-0.05, 0) is 49.4 Å². The predicted molar refractivity (Wildman–Crippen MR) is 65.5 cm³/mol. The van der Waals surface area contributed by atoms with Crippen LogP contribution < -0.4 is 5.32 Å². The minimum absolute atomic E-state index is 0.178. The first-order chi connectivity index (χ1) is 8.47. The van der Waals surface area contributed by atoms with E-state index in [4.69, 9.17) is 0 Å². The normalized spacial score (nSPS) is 22.1. The van der Waals surface area contributed by atoms with Crippen LogP contribution in [0.1, 0.15) is 36.8 Å². The van der Waals surface area contributed by atoms with Crippen molar-refractivity contribution in [1.29, 1.82) is 0 Å². The van der Waals surface area contributed by atoms with Crippen molar-refractivity contribution in [3.63, 3.8) is 0 Å². The summed E-state index contributed by atoms with van der Waals surface area (Å²) < 4.78 is 37.9. The summed E-state index contributed by atoms with van der Waals surface area (Å²) in [5.41, 5.74) is 0.244. The van der Waals surface area contributed by atoms with Crippen LogP contribution in [0.2, 0.25) is 0 Å². The maximum absolute atomic E-state index is 12.6. The van der Waals surface area contributed by atoms with E-state index in [2.05, 4.69) is 5.32 Å². The van der Waals surface area contributed by atoms with E-state index in [1.165, 1.54) is 12.1 Å². The molecule has 0 aliphatic carbocycles. The van der Waals surface area contributed by atoms with Crippen molar-refractivity contribution in [3.8, 4) is 0 Å². The van der Waals surface area contributed by atoms with E-state index in [0.717, 1.165) is 37.6 Å².